The van der Waals surface area contributed by atoms with Crippen molar-refractivity contribution in [2.24, 2.45) is 0 Å². The topological polar surface area (TPSA) is 72.7 Å². The third-order valence-corrected chi connectivity index (χ3v) is 0.847. The van der Waals surface area contributed by atoms with Crippen LogP contribution >= 0.6 is 0 Å². The molecule has 2 unspecified atom stereocenters. The van der Waals surface area contributed by atoms with Crippen LogP contribution in [0.2, 0.25) is 0 Å². The van der Waals surface area contributed by atoms with E-state index in [4.69, 9.17) is 15.3 Å². The molecule has 0 amide bonds. The van der Waals surface area contributed by atoms with E-state index < -0.39 is 18.9 Å². The van der Waals surface area contributed by atoms with E-state index in [9.17, 15) is 0 Å². The van der Waals surface area contributed by atoms with Crippen molar-refractivity contribution in [1.29, 1.82) is 0 Å². The fraction of sp³-hybridized carbons (Fsp3) is 1.00. The average Bonchev–Trinajstić information content (AvgIpc) is 1.84. The van der Waals surface area contributed by atoms with Crippen molar-refractivity contribution in [3.05, 3.63) is 0 Å². The predicted molar refractivity (Wildman–Crippen MR) is 28.2 cm³/mol. The second-order valence-electron chi connectivity index (χ2n) is 1.48. The van der Waals surface area contributed by atoms with Gasteiger partial charge in [0, 0.05) is 0 Å². The molecular formula is C4H11NO3. The van der Waals surface area contributed by atoms with E-state index in [0.29, 0.717) is 0 Å². The smallest absolute Gasteiger partial charge is 0.133 e. The Bertz CT molecular complexity index is 51.2. The van der Waals surface area contributed by atoms with Gasteiger partial charge in [0.1, 0.15) is 12.3 Å². The highest BCUT2D eigenvalue weighted by Gasteiger charge is 2.10. The number of aliphatic hydroxyl groups is 3. The average molecular weight is 121 g/mol. The first-order valence-corrected chi connectivity index (χ1v) is 2.36. The molecule has 0 spiro atoms. The van der Waals surface area contributed by atoms with Gasteiger partial charge in [-0.3, -0.25) is 5.32 Å². The van der Waals surface area contributed by atoms with Gasteiger partial charge in [-0.2, -0.15) is 0 Å². The van der Waals surface area contributed by atoms with Crippen LogP contribution in [-0.4, -0.2) is 41.3 Å². The molecule has 0 aliphatic carbocycles. The number of rotatable bonds is 3. The standard InChI is InChI=1S/C4H11NO3/c1-5-4(8)3(7)2-6/h3-8H,2H2,1H3. The Labute approximate surface area is 47.8 Å². The van der Waals surface area contributed by atoms with E-state index >= 15 is 0 Å². The molecule has 0 saturated heterocycles. The highest BCUT2D eigenvalue weighted by atomic mass is 16.4. The van der Waals surface area contributed by atoms with Crippen LogP contribution < -0.4 is 5.32 Å². The quantitative estimate of drug-likeness (QED) is 0.322. The molecule has 0 bridgehead atoms. The SMILES string of the molecule is CNC(O)C(O)CO. The summed E-state index contributed by atoms with van der Waals surface area (Å²) in [6.45, 7) is -0.429. The molecule has 50 valence electrons. The summed E-state index contributed by atoms with van der Waals surface area (Å²) < 4.78 is 0. The largest absolute Gasteiger partial charge is 0.394 e. The van der Waals surface area contributed by atoms with Crippen LogP contribution in [-0.2, 0) is 0 Å². The lowest BCUT2D eigenvalue weighted by Crippen LogP contribution is -2.39. The molecule has 0 saturated carbocycles. The van der Waals surface area contributed by atoms with E-state index in [-0.39, 0.29) is 0 Å². The molecule has 0 fully saturated rings. The number of nitrogens with one attached hydrogen (secondary N) is 1. The molecule has 0 aliphatic heterocycles. The summed E-state index contributed by atoms with van der Waals surface area (Å²) in [6.07, 6.45) is -2.11. The van der Waals surface area contributed by atoms with Crippen molar-refractivity contribution >= 4 is 0 Å². The molecule has 0 radical (unpaired) electrons. The predicted octanol–water partition coefficient (Wildman–Crippen LogP) is -2.12. The normalized spacial score (nSPS) is 18.0. The minimum atomic E-state index is -1.08. The summed E-state index contributed by atoms with van der Waals surface area (Å²) in [5, 5.41) is 27.7. The third kappa shape index (κ3) is 2.23. The maximum Gasteiger partial charge on any atom is 0.133 e. The van der Waals surface area contributed by atoms with Crippen LogP contribution in [0.25, 0.3) is 0 Å². The minimum Gasteiger partial charge on any atom is -0.394 e. The Morgan fingerprint density at radius 3 is 2.12 bits per heavy atom. The van der Waals surface area contributed by atoms with Gasteiger partial charge in [0.2, 0.25) is 0 Å². The van der Waals surface area contributed by atoms with Crippen molar-refractivity contribution in [1.82, 2.24) is 5.32 Å². The molecule has 8 heavy (non-hydrogen) atoms. The van der Waals surface area contributed by atoms with Gasteiger partial charge in [-0.05, 0) is 7.05 Å². The first-order valence-electron chi connectivity index (χ1n) is 2.36. The summed E-state index contributed by atoms with van der Waals surface area (Å²) >= 11 is 0. The summed E-state index contributed by atoms with van der Waals surface area (Å²) in [5.41, 5.74) is 0. The lowest BCUT2D eigenvalue weighted by Gasteiger charge is -2.12. The number of hydrogen-bond donors (Lipinski definition) is 4. The van der Waals surface area contributed by atoms with Crippen LogP contribution in [0.1, 0.15) is 0 Å². The van der Waals surface area contributed by atoms with E-state index in [1.165, 1.54) is 7.05 Å². The lowest BCUT2D eigenvalue weighted by molar-refractivity contribution is -0.0268. The van der Waals surface area contributed by atoms with Crippen molar-refractivity contribution in [3.8, 4) is 0 Å². The van der Waals surface area contributed by atoms with Crippen molar-refractivity contribution in [2.75, 3.05) is 13.7 Å². The summed E-state index contributed by atoms with van der Waals surface area (Å²) in [4.78, 5) is 0. The molecular weight excluding hydrogens is 110 g/mol. The molecule has 0 aromatic carbocycles. The molecule has 0 heterocycles. The van der Waals surface area contributed by atoms with E-state index in [0.717, 1.165) is 0 Å². The fourth-order valence-corrected chi connectivity index (χ4v) is 0.292. The van der Waals surface area contributed by atoms with Gasteiger partial charge in [-0.1, -0.05) is 0 Å². The van der Waals surface area contributed by atoms with Crippen molar-refractivity contribution in [3.63, 3.8) is 0 Å². The highest BCUT2D eigenvalue weighted by Crippen LogP contribution is 1.84. The van der Waals surface area contributed by atoms with Crippen LogP contribution in [0.4, 0.5) is 0 Å². The zero-order valence-corrected chi connectivity index (χ0v) is 4.70. The van der Waals surface area contributed by atoms with Gasteiger partial charge < -0.3 is 15.3 Å². The van der Waals surface area contributed by atoms with Crippen LogP contribution in [0.5, 0.6) is 0 Å². The molecule has 0 aromatic heterocycles. The maximum atomic E-state index is 8.61. The molecule has 2 atom stereocenters. The number of aliphatic hydroxyl groups excluding tert-OH is 3. The van der Waals surface area contributed by atoms with Gasteiger partial charge in [-0.15, -0.1) is 0 Å². The van der Waals surface area contributed by atoms with Crippen LogP contribution in [0.15, 0.2) is 0 Å². The monoisotopic (exact) mass is 121 g/mol. The third-order valence-electron chi connectivity index (χ3n) is 0.847. The minimum absolute atomic E-state index is 0.429. The number of likely N-dealkylation sites (N-methyl/N-ethyl adjacent to an activating group) is 1. The van der Waals surface area contributed by atoms with Gasteiger partial charge >= 0.3 is 0 Å². The highest BCUT2D eigenvalue weighted by molar-refractivity contribution is 4.59. The zero-order chi connectivity index (χ0) is 6.57. The molecule has 0 aromatic rings. The Morgan fingerprint density at radius 1 is 1.50 bits per heavy atom. The van der Waals surface area contributed by atoms with Crippen LogP contribution in [0.3, 0.4) is 0 Å². The second-order valence-corrected chi connectivity index (χ2v) is 1.48. The second kappa shape index (κ2) is 3.80. The first kappa shape index (κ1) is 7.84. The molecule has 4 nitrogen and oxygen atoms in total. The number of hydrogen-bond acceptors (Lipinski definition) is 4. The van der Waals surface area contributed by atoms with Gasteiger partial charge in [0.05, 0.1) is 6.61 Å². The zero-order valence-electron chi connectivity index (χ0n) is 4.70. The summed E-state index contributed by atoms with van der Waals surface area (Å²) in [6, 6.07) is 0. The van der Waals surface area contributed by atoms with Gasteiger partial charge in [-0.25, -0.2) is 0 Å². The Morgan fingerprint density at radius 2 is 2.00 bits per heavy atom. The van der Waals surface area contributed by atoms with Gasteiger partial charge in [0.15, 0.2) is 0 Å². The molecule has 0 rings (SSSR count). The van der Waals surface area contributed by atoms with E-state index in [2.05, 4.69) is 5.32 Å². The molecule has 4 N–H and O–H groups in total. The molecule has 0 aliphatic rings. The van der Waals surface area contributed by atoms with Crippen molar-refractivity contribution in [2.45, 2.75) is 12.3 Å². The van der Waals surface area contributed by atoms with Crippen LogP contribution in [0, 0.1) is 0 Å². The first-order chi connectivity index (χ1) is 3.72. The Hall–Kier alpha value is -0.160. The maximum absolute atomic E-state index is 8.61. The summed E-state index contributed by atoms with van der Waals surface area (Å²) in [5.74, 6) is 0. The van der Waals surface area contributed by atoms with E-state index in [1.54, 1.807) is 0 Å². The fourth-order valence-electron chi connectivity index (χ4n) is 0.292. The lowest BCUT2D eigenvalue weighted by atomic mass is 10.3. The Balaban J connectivity index is 3.29. The van der Waals surface area contributed by atoms with E-state index in [1.807, 2.05) is 0 Å². The molecule has 4 heteroatoms. The Kier molecular flexibility index (Phi) is 3.72. The summed E-state index contributed by atoms with van der Waals surface area (Å²) in [7, 11) is 1.49. The van der Waals surface area contributed by atoms with Crippen molar-refractivity contribution < 1.29 is 15.3 Å². The van der Waals surface area contributed by atoms with Gasteiger partial charge in [0.25, 0.3) is 0 Å².